The molecule has 0 aliphatic heterocycles. The van der Waals surface area contributed by atoms with E-state index in [4.69, 9.17) is 27.9 Å². The standard InChI is InChI=1S/C18H12Br2Cl2N2O2/c1-2-26-17-10(7-12(19)8-13(17)20)6-11(9-23)18(25)24-16-14(21)4-3-5-15(16)22/h3-8H,2H2,1H3,(H,24,25)/b11-6+. The van der Waals surface area contributed by atoms with Gasteiger partial charge in [0, 0.05) is 10.0 Å². The topological polar surface area (TPSA) is 62.1 Å². The highest BCUT2D eigenvalue weighted by Gasteiger charge is 2.16. The molecule has 2 aromatic carbocycles. The number of para-hydroxylation sites is 1. The van der Waals surface area contributed by atoms with E-state index < -0.39 is 5.91 Å². The van der Waals surface area contributed by atoms with Crippen LogP contribution in [0.2, 0.25) is 10.0 Å². The van der Waals surface area contributed by atoms with E-state index in [2.05, 4.69) is 37.2 Å². The molecule has 0 heterocycles. The summed E-state index contributed by atoms with van der Waals surface area (Å²) in [5.41, 5.74) is 0.708. The molecule has 0 radical (unpaired) electrons. The maximum Gasteiger partial charge on any atom is 0.266 e. The van der Waals surface area contributed by atoms with Crippen LogP contribution in [-0.4, -0.2) is 12.5 Å². The van der Waals surface area contributed by atoms with E-state index in [1.54, 1.807) is 24.3 Å². The lowest BCUT2D eigenvalue weighted by molar-refractivity contribution is -0.112. The van der Waals surface area contributed by atoms with Crippen LogP contribution in [-0.2, 0) is 4.79 Å². The number of ether oxygens (including phenoxy) is 1. The Labute approximate surface area is 178 Å². The average Bonchev–Trinajstić information content (AvgIpc) is 2.58. The van der Waals surface area contributed by atoms with Crippen LogP contribution in [0.5, 0.6) is 5.75 Å². The van der Waals surface area contributed by atoms with E-state index in [9.17, 15) is 10.1 Å². The van der Waals surface area contributed by atoms with Crippen molar-refractivity contribution in [3.63, 3.8) is 0 Å². The summed E-state index contributed by atoms with van der Waals surface area (Å²) in [6.45, 7) is 2.28. The number of carbonyl (C=O) groups is 1. The van der Waals surface area contributed by atoms with Crippen molar-refractivity contribution in [2.75, 3.05) is 11.9 Å². The molecule has 0 atom stereocenters. The summed E-state index contributed by atoms with van der Waals surface area (Å²) in [5, 5.41) is 12.6. The molecule has 0 aliphatic carbocycles. The first kappa shape index (κ1) is 20.8. The molecule has 0 spiro atoms. The van der Waals surface area contributed by atoms with Gasteiger partial charge in [-0.3, -0.25) is 4.79 Å². The minimum atomic E-state index is -0.624. The SMILES string of the molecule is CCOc1c(Br)cc(Br)cc1/C=C(\C#N)C(=O)Nc1c(Cl)cccc1Cl. The molecule has 4 nitrogen and oxygen atoms in total. The molecule has 0 bridgehead atoms. The Kier molecular flexibility index (Phi) is 7.54. The molecule has 2 aromatic rings. The zero-order valence-electron chi connectivity index (χ0n) is 13.4. The zero-order chi connectivity index (χ0) is 19.3. The van der Waals surface area contributed by atoms with E-state index in [1.165, 1.54) is 6.08 Å². The first-order chi connectivity index (χ1) is 12.4. The third-order valence-corrected chi connectivity index (χ3v) is 4.87. The Morgan fingerprint density at radius 2 is 1.96 bits per heavy atom. The first-order valence-electron chi connectivity index (χ1n) is 7.36. The summed E-state index contributed by atoms with van der Waals surface area (Å²) >= 11 is 18.9. The molecule has 0 unspecified atom stereocenters. The Morgan fingerprint density at radius 1 is 1.31 bits per heavy atom. The number of carbonyl (C=O) groups excluding carboxylic acids is 1. The third-order valence-electron chi connectivity index (χ3n) is 3.19. The van der Waals surface area contributed by atoms with Gasteiger partial charge in [-0.15, -0.1) is 0 Å². The fraction of sp³-hybridized carbons (Fsp3) is 0.111. The smallest absolute Gasteiger partial charge is 0.266 e. The fourth-order valence-electron chi connectivity index (χ4n) is 2.09. The Hall–Kier alpha value is -1.52. The van der Waals surface area contributed by atoms with Gasteiger partial charge in [-0.05, 0) is 53.2 Å². The van der Waals surface area contributed by atoms with Crippen LogP contribution in [0.4, 0.5) is 5.69 Å². The van der Waals surface area contributed by atoms with Crippen molar-refractivity contribution in [2.45, 2.75) is 6.92 Å². The van der Waals surface area contributed by atoms with Gasteiger partial charge >= 0.3 is 0 Å². The highest BCUT2D eigenvalue weighted by molar-refractivity contribution is 9.11. The largest absolute Gasteiger partial charge is 0.492 e. The molecule has 0 fully saturated rings. The first-order valence-corrected chi connectivity index (χ1v) is 9.70. The number of benzene rings is 2. The van der Waals surface area contributed by atoms with Crippen molar-refractivity contribution in [1.82, 2.24) is 0 Å². The van der Waals surface area contributed by atoms with E-state index >= 15 is 0 Å². The van der Waals surface area contributed by atoms with Gasteiger partial charge in [-0.2, -0.15) is 5.26 Å². The van der Waals surface area contributed by atoms with Crippen molar-refractivity contribution >= 4 is 72.7 Å². The summed E-state index contributed by atoms with van der Waals surface area (Å²) in [6, 6.07) is 10.3. The molecule has 0 aliphatic rings. The Bertz CT molecular complexity index is 904. The quantitative estimate of drug-likeness (QED) is 0.365. The van der Waals surface area contributed by atoms with Gasteiger partial charge in [0.15, 0.2) is 0 Å². The molecule has 2 rings (SSSR count). The number of rotatable bonds is 5. The normalized spacial score (nSPS) is 11.0. The highest BCUT2D eigenvalue weighted by atomic mass is 79.9. The minimum absolute atomic E-state index is 0.119. The molecule has 26 heavy (non-hydrogen) atoms. The van der Waals surface area contributed by atoms with Gasteiger partial charge in [-0.1, -0.05) is 45.2 Å². The molecule has 0 saturated carbocycles. The zero-order valence-corrected chi connectivity index (χ0v) is 18.1. The molecule has 134 valence electrons. The third kappa shape index (κ3) is 5.01. The average molecular weight is 519 g/mol. The van der Waals surface area contributed by atoms with E-state index in [0.29, 0.717) is 22.4 Å². The van der Waals surface area contributed by atoms with Crippen molar-refractivity contribution in [1.29, 1.82) is 5.26 Å². The van der Waals surface area contributed by atoms with Crippen molar-refractivity contribution in [3.8, 4) is 11.8 Å². The molecule has 1 amide bonds. The van der Waals surface area contributed by atoms with Gasteiger partial charge in [0.1, 0.15) is 17.4 Å². The number of hydrogen-bond donors (Lipinski definition) is 1. The summed E-state index contributed by atoms with van der Waals surface area (Å²) in [4.78, 5) is 12.5. The van der Waals surface area contributed by atoms with E-state index in [1.807, 2.05) is 19.1 Å². The van der Waals surface area contributed by atoms with Crippen molar-refractivity contribution in [2.24, 2.45) is 0 Å². The van der Waals surface area contributed by atoms with Gasteiger partial charge in [0.05, 0.1) is 26.8 Å². The van der Waals surface area contributed by atoms with E-state index in [0.717, 1.165) is 4.47 Å². The number of nitrogens with one attached hydrogen (secondary N) is 1. The Balaban J connectivity index is 2.42. The van der Waals surface area contributed by atoms with Gasteiger partial charge in [0.2, 0.25) is 0 Å². The van der Waals surface area contributed by atoms with Crippen molar-refractivity contribution in [3.05, 3.63) is 60.5 Å². The number of nitrogens with zero attached hydrogens (tertiary/aromatic N) is 1. The molecular weight excluding hydrogens is 507 g/mol. The lowest BCUT2D eigenvalue weighted by Crippen LogP contribution is -2.14. The second-order valence-corrected chi connectivity index (χ2v) is 7.54. The van der Waals surface area contributed by atoms with Gasteiger partial charge in [0.25, 0.3) is 5.91 Å². The predicted octanol–water partition coefficient (Wildman–Crippen LogP) is 6.46. The lowest BCUT2D eigenvalue weighted by atomic mass is 10.1. The molecule has 0 aromatic heterocycles. The maximum atomic E-state index is 12.5. The summed E-state index contributed by atoms with van der Waals surface area (Å²) in [6.07, 6.45) is 1.45. The van der Waals surface area contributed by atoms with Crippen LogP contribution >= 0.6 is 55.1 Å². The van der Waals surface area contributed by atoms with Crippen LogP contribution in [0, 0.1) is 11.3 Å². The molecule has 0 saturated heterocycles. The number of nitriles is 1. The Morgan fingerprint density at radius 3 is 2.54 bits per heavy atom. The number of amides is 1. The lowest BCUT2D eigenvalue weighted by Gasteiger charge is -2.12. The van der Waals surface area contributed by atoms with Gasteiger partial charge < -0.3 is 10.1 Å². The molecule has 1 N–H and O–H groups in total. The van der Waals surface area contributed by atoms with Crippen LogP contribution in [0.1, 0.15) is 12.5 Å². The van der Waals surface area contributed by atoms with Gasteiger partial charge in [-0.25, -0.2) is 0 Å². The van der Waals surface area contributed by atoms with Crippen LogP contribution in [0.3, 0.4) is 0 Å². The number of anilines is 1. The number of halogens is 4. The summed E-state index contributed by atoms with van der Waals surface area (Å²) < 4.78 is 7.08. The number of hydrogen-bond acceptors (Lipinski definition) is 3. The second-order valence-electron chi connectivity index (χ2n) is 4.96. The van der Waals surface area contributed by atoms with Crippen LogP contribution in [0.15, 0.2) is 44.9 Å². The molecular formula is C18H12Br2Cl2N2O2. The molecule has 8 heteroatoms. The van der Waals surface area contributed by atoms with E-state index in [-0.39, 0.29) is 21.3 Å². The van der Waals surface area contributed by atoms with Crippen molar-refractivity contribution < 1.29 is 9.53 Å². The minimum Gasteiger partial charge on any atom is -0.492 e. The fourth-order valence-corrected chi connectivity index (χ4v) is 3.95. The summed E-state index contributed by atoms with van der Waals surface area (Å²) in [7, 11) is 0. The second kappa shape index (κ2) is 9.43. The predicted molar refractivity (Wildman–Crippen MR) is 112 cm³/mol. The summed E-state index contributed by atoms with van der Waals surface area (Å²) in [5.74, 6) is -0.0897. The van der Waals surface area contributed by atoms with Crippen LogP contribution in [0.25, 0.3) is 6.08 Å². The highest BCUT2D eigenvalue weighted by Crippen LogP contribution is 2.35. The monoisotopic (exact) mass is 516 g/mol. The van der Waals surface area contributed by atoms with Crippen LogP contribution < -0.4 is 10.1 Å². The maximum absolute atomic E-state index is 12.5.